The number of aromatic nitrogens is 1. The van der Waals surface area contributed by atoms with Gasteiger partial charge in [-0.2, -0.15) is 0 Å². The third-order valence-electron chi connectivity index (χ3n) is 2.84. The zero-order chi connectivity index (χ0) is 13.6. The molecule has 3 aromatic heterocycles. The van der Waals surface area contributed by atoms with E-state index in [1.807, 2.05) is 19.1 Å². The van der Waals surface area contributed by atoms with E-state index in [0.717, 1.165) is 16.6 Å². The van der Waals surface area contributed by atoms with Crippen molar-refractivity contribution in [3.63, 3.8) is 0 Å². The van der Waals surface area contributed by atoms with Crippen molar-refractivity contribution in [1.29, 1.82) is 0 Å². The summed E-state index contributed by atoms with van der Waals surface area (Å²) >= 11 is 1.21. The number of fused-ring (bicyclic) bond motifs is 1. The first-order valence-electron chi connectivity index (χ1n) is 5.61. The monoisotopic (exact) mass is 273 g/mol. The van der Waals surface area contributed by atoms with Crippen molar-refractivity contribution >= 4 is 33.1 Å². The van der Waals surface area contributed by atoms with Gasteiger partial charge in [-0.05, 0) is 25.1 Å². The number of hydrogen-bond acceptors (Lipinski definition) is 5. The molecule has 0 radical (unpaired) electrons. The molecule has 0 spiro atoms. The van der Waals surface area contributed by atoms with Crippen molar-refractivity contribution in [3.05, 3.63) is 35.0 Å². The Morgan fingerprint density at radius 3 is 2.89 bits per heavy atom. The number of anilines is 1. The smallest absolute Gasteiger partial charge is 0.260 e. The SMILES string of the molecule is Cc1cc(-c2ccco2)c2c(N)c(C(N)=O)sc2n1. The minimum absolute atomic E-state index is 0.334. The number of aryl methyl sites for hydroxylation is 1. The van der Waals surface area contributed by atoms with Crippen LogP contribution in [0.3, 0.4) is 0 Å². The van der Waals surface area contributed by atoms with Crippen LogP contribution in [0.1, 0.15) is 15.4 Å². The lowest BCUT2D eigenvalue weighted by molar-refractivity contribution is 0.100. The molecule has 0 aliphatic heterocycles. The molecular formula is C13H11N3O2S. The third-order valence-corrected chi connectivity index (χ3v) is 3.95. The molecule has 5 nitrogen and oxygen atoms in total. The lowest BCUT2D eigenvalue weighted by Crippen LogP contribution is -2.10. The number of carbonyl (C=O) groups is 1. The Kier molecular flexibility index (Phi) is 2.53. The number of nitrogens with two attached hydrogens (primary N) is 2. The molecular weight excluding hydrogens is 262 g/mol. The van der Waals surface area contributed by atoms with Crippen LogP contribution >= 0.6 is 11.3 Å². The highest BCUT2D eigenvalue weighted by molar-refractivity contribution is 7.21. The van der Waals surface area contributed by atoms with Gasteiger partial charge < -0.3 is 15.9 Å². The van der Waals surface area contributed by atoms with Crippen molar-refractivity contribution in [3.8, 4) is 11.3 Å². The first-order chi connectivity index (χ1) is 9.08. The van der Waals surface area contributed by atoms with Crippen LogP contribution in [0.15, 0.2) is 28.9 Å². The van der Waals surface area contributed by atoms with Crippen molar-refractivity contribution in [1.82, 2.24) is 4.98 Å². The van der Waals surface area contributed by atoms with Gasteiger partial charge in [-0.1, -0.05) is 0 Å². The maximum Gasteiger partial charge on any atom is 0.260 e. The van der Waals surface area contributed by atoms with Crippen LogP contribution in [0.5, 0.6) is 0 Å². The third kappa shape index (κ3) is 1.77. The number of primary amides is 1. The second-order valence-corrected chi connectivity index (χ2v) is 5.18. The molecule has 0 fully saturated rings. The molecule has 3 heterocycles. The molecule has 0 saturated carbocycles. The van der Waals surface area contributed by atoms with E-state index < -0.39 is 5.91 Å². The van der Waals surface area contributed by atoms with Crippen LogP contribution in [-0.4, -0.2) is 10.9 Å². The number of furan rings is 1. The van der Waals surface area contributed by atoms with Gasteiger partial charge in [-0.3, -0.25) is 4.79 Å². The van der Waals surface area contributed by atoms with E-state index in [1.165, 1.54) is 11.3 Å². The molecule has 0 unspecified atom stereocenters. The number of hydrogen-bond donors (Lipinski definition) is 2. The summed E-state index contributed by atoms with van der Waals surface area (Å²) in [5.74, 6) is 0.152. The second kappa shape index (κ2) is 4.10. The van der Waals surface area contributed by atoms with Crippen LogP contribution in [0.25, 0.3) is 21.5 Å². The minimum Gasteiger partial charge on any atom is -0.464 e. The first kappa shape index (κ1) is 11.7. The van der Waals surface area contributed by atoms with Gasteiger partial charge in [0.25, 0.3) is 5.91 Å². The Bertz CT molecular complexity index is 775. The summed E-state index contributed by atoms with van der Waals surface area (Å²) in [5, 5.41) is 0.722. The number of carbonyl (C=O) groups excluding carboxylic acids is 1. The van der Waals surface area contributed by atoms with E-state index in [0.29, 0.717) is 21.2 Å². The Balaban J connectivity index is 2.41. The van der Waals surface area contributed by atoms with Gasteiger partial charge in [0.2, 0.25) is 0 Å². The maximum absolute atomic E-state index is 11.4. The highest BCUT2D eigenvalue weighted by Crippen LogP contribution is 2.39. The Hall–Kier alpha value is -2.34. The normalized spacial score (nSPS) is 11.0. The fraction of sp³-hybridized carbons (Fsp3) is 0.0769. The molecule has 1 amide bonds. The quantitative estimate of drug-likeness (QED) is 0.750. The van der Waals surface area contributed by atoms with Crippen LogP contribution < -0.4 is 11.5 Å². The summed E-state index contributed by atoms with van der Waals surface area (Å²) in [6, 6.07) is 5.53. The maximum atomic E-state index is 11.4. The second-order valence-electron chi connectivity index (χ2n) is 4.18. The summed E-state index contributed by atoms with van der Waals surface area (Å²) in [5.41, 5.74) is 13.4. The number of nitrogens with zero attached hydrogens (tertiary/aromatic N) is 1. The van der Waals surface area contributed by atoms with E-state index in [2.05, 4.69) is 4.98 Å². The molecule has 0 atom stereocenters. The number of rotatable bonds is 2. The van der Waals surface area contributed by atoms with Gasteiger partial charge in [0.05, 0.1) is 12.0 Å². The number of pyridine rings is 1. The fourth-order valence-electron chi connectivity index (χ4n) is 2.05. The largest absolute Gasteiger partial charge is 0.464 e. The fourth-order valence-corrected chi connectivity index (χ4v) is 3.07. The average Bonchev–Trinajstić information content (AvgIpc) is 2.96. The van der Waals surface area contributed by atoms with Crippen LogP contribution in [0.4, 0.5) is 5.69 Å². The molecule has 3 aromatic rings. The van der Waals surface area contributed by atoms with Gasteiger partial charge >= 0.3 is 0 Å². The van der Waals surface area contributed by atoms with Crippen LogP contribution in [0.2, 0.25) is 0 Å². The number of nitrogen functional groups attached to an aromatic ring is 1. The van der Waals surface area contributed by atoms with E-state index in [1.54, 1.807) is 12.3 Å². The molecule has 19 heavy (non-hydrogen) atoms. The Morgan fingerprint density at radius 2 is 2.26 bits per heavy atom. The molecule has 0 bridgehead atoms. The molecule has 6 heteroatoms. The molecule has 4 N–H and O–H groups in total. The first-order valence-corrected chi connectivity index (χ1v) is 6.43. The van der Waals surface area contributed by atoms with Crippen molar-refractivity contribution < 1.29 is 9.21 Å². The lowest BCUT2D eigenvalue weighted by Gasteiger charge is -2.03. The van der Waals surface area contributed by atoms with Crippen molar-refractivity contribution in [2.45, 2.75) is 6.92 Å². The molecule has 0 aromatic carbocycles. The molecule has 3 rings (SSSR count). The summed E-state index contributed by atoms with van der Waals surface area (Å²) in [4.78, 5) is 16.8. The predicted molar refractivity (Wildman–Crippen MR) is 75.0 cm³/mol. The van der Waals surface area contributed by atoms with Crippen LogP contribution in [-0.2, 0) is 0 Å². The lowest BCUT2D eigenvalue weighted by atomic mass is 10.1. The molecule has 96 valence electrons. The zero-order valence-electron chi connectivity index (χ0n) is 10.1. The topological polar surface area (TPSA) is 95.1 Å². The average molecular weight is 273 g/mol. The zero-order valence-corrected chi connectivity index (χ0v) is 11.0. The Labute approximate surface area is 112 Å². The Morgan fingerprint density at radius 1 is 1.47 bits per heavy atom. The van der Waals surface area contributed by atoms with Gasteiger partial charge in [-0.25, -0.2) is 4.98 Å². The summed E-state index contributed by atoms with van der Waals surface area (Å²) in [6.45, 7) is 1.88. The summed E-state index contributed by atoms with van der Waals surface area (Å²) in [7, 11) is 0. The highest BCUT2D eigenvalue weighted by Gasteiger charge is 2.19. The minimum atomic E-state index is -0.538. The predicted octanol–water partition coefficient (Wildman–Crippen LogP) is 2.55. The molecule has 0 saturated heterocycles. The molecule has 0 aliphatic rings. The number of thiophene rings is 1. The standard InChI is InChI=1S/C13H11N3O2S/c1-6-5-7(8-3-2-4-18-8)9-10(14)11(12(15)17)19-13(9)16-6/h2-5H,14H2,1H3,(H2,15,17). The van der Waals surface area contributed by atoms with Gasteiger partial charge in [0.1, 0.15) is 15.5 Å². The number of amides is 1. The van der Waals surface area contributed by atoms with Crippen molar-refractivity contribution in [2.24, 2.45) is 5.73 Å². The summed E-state index contributed by atoms with van der Waals surface area (Å²) < 4.78 is 5.41. The highest BCUT2D eigenvalue weighted by atomic mass is 32.1. The van der Waals surface area contributed by atoms with Gasteiger partial charge in [0, 0.05) is 16.6 Å². The van der Waals surface area contributed by atoms with E-state index in [9.17, 15) is 4.79 Å². The molecule has 0 aliphatic carbocycles. The van der Waals surface area contributed by atoms with Gasteiger partial charge in [-0.15, -0.1) is 11.3 Å². The summed E-state index contributed by atoms with van der Waals surface area (Å²) in [6.07, 6.45) is 1.59. The van der Waals surface area contributed by atoms with E-state index in [4.69, 9.17) is 15.9 Å². The van der Waals surface area contributed by atoms with Crippen LogP contribution in [0, 0.1) is 6.92 Å². The van der Waals surface area contributed by atoms with Gasteiger partial charge in [0.15, 0.2) is 0 Å². The van der Waals surface area contributed by atoms with Crippen molar-refractivity contribution in [2.75, 3.05) is 5.73 Å². The van der Waals surface area contributed by atoms with E-state index in [-0.39, 0.29) is 0 Å². The van der Waals surface area contributed by atoms with E-state index >= 15 is 0 Å².